The molecular formula is C14H17FN2O3. The third-order valence-corrected chi connectivity index (χ3v) is 3.24. The van der Waals surface area contributed by atoms with Crippen LogP contribution in [0.15, 0.2) is 18.2 Å². The Morgan fingerprint density at radius 3 is 3.10 bits per heavy atom. The quantitative estimate of drug-likeness (QED) is 0.835. The average molecular weight is 280 g/mol. The highest BCUT2D eigenvalue weighted by Crippen LogP contribution is 2.25. The van der Waals surface area contributed by atoms with E-state index in [0.717, 1.165) is 0 Å². The Morgan fingerprint density at radius 2 is 2.40 bits per heavy atom. The summed E-state index contributed by atoms with van der Waals surface area (Å²) in [6.07, 6.45) is 0.481. The monoisotopic (exact) mass is 280 g/mol. The van der Waals surface area contributed by atoms with E-state index in [-0.39, 0.29) is 18.1 Å². The first kappa shape index (κ1) is 14.5. The summed E-state index contributed by atoms with van der Waals surface area (Å²) in [6, 6.07) is 3.85. The lowest BCUT2D eigenvalue weighted by Crippen LogP contribution is -2.54. The van der Waals surface area contributed by atoms with E-state index in [1.807, 2.05) is 6.92 Å². The molecule has 0 spiro atoms. The van der Waals surface area contributed by atoms with Gasteiger partial charge in [0.05, 0.1) is 24.5 Å². The van der Waals surface area contributed by atoms with E-state index in [4.69, 9.17) is 4.74 Å². The Hall–Kier alpha value is -1.95. The Morgan fingerprint density at radius 1 is 1.60 bits per heavy atom. The van der Waals surface area contributed by atoms with Crippen LogP contribution in [0.2, 0.25) is 0 Å². The average Bonchev–Trinajstić information content (AvgIpc) is 2.47. The Kier molecular flexibility index (Phi) is 4.68. The van der Waals surface area contributed by atoms with Gasteiger partial charge in [0.15, 0.2) is 6.29 Å². The zero-order valence-electron chi connectivity index (χ0n) is 11.3. The fraction of sp³-hybridized carbons (Fsp3) is 0.429. The van der Waals surface area contributed by atoms with Crippen LogP contribution in [0.1, 0.15) is 17.3 Å². The van der Waals surface area contributed by atoms with Gasteiger partial charge in [-0.3, -0.25) is 9.59 Å². The van der Waals surface area contributed by atoms with E-state index in [1.54, 1.807) is 11.0 Å². The van der Waals surface area contributed by atoms with Gasteiger partial charge >= 0.3 is 0 Å². The first-order valence-electron chi connectivity index (χ1n) is 6.54. The van der Waals surface area contributed by atoms with Gasteiger partial charge in [-0.15, -0.1) is 0 Å². The number of morpholine rings is 1. The second-order valence-electron chi connectivity index (χ2n) is 4.47. The van der Waals surface area contributed by atoms with Crippen LogP contribution >= 0.6 is 0 Å². The molecule has 0 aliphatic carbocycles. The molecule has 1 aromatic rings. The fourth-order valence-corrected chi connectivity index (χ4v) is 2.29. The molecule has 20 heavy (non-hydrogen) atoms. The highest BCUT2D eigenvalue weighted by Gasteiger charge is 2.31. The van der Waals surface area contributed by atoms with Crippen molar-refractivity contribution in [2.45, 2.75) is 13.0 Å². The van der Waals surface area contributed by atoms with Crippen LogP contribution in [0.5, 0.6) is 0 Å². The third kappa shape index (κ3) is 2.80. The minimum atomic E-state index is -0.585. The Balaban J connectivity index is 2.35. The number of likely N-dealkylation sites (N-methyl/N-ethyl adjacent to an activating group) is 1. The fourth-order valence-electron chi connectivity index (χ4n) is 2.29. The van der Waals surface area contributed by atoms with Crippen LogP contribution in [0.3, 0.4) is 0 Å². The van der Waals surface area contributed by atoms with E-state index >= 15 is 0 Å². The summed E-state index contributed by atoms with van der Waals surface area (Å²) >= 11 is 0. The van der Waals surface area contributed by atoms with Crippen LogP contribution < -0.4 is 10.2 Å². The molecule has 1 aromatic carbocycles. The van der Waals surface area contributed by atoms with Crippen LogP contribution in [-0.2, 0) is 9.53 Å². The Bertz CT molecular complexity index is 507. The van der Waals surface area contributed by atoms with Crippen LogP contribution in [-0.4, -0.2) is 44.5 Å². The molecule has 1 unspecified atom stereocenters. The summed E-state index contributed by atoms with van der Waals surface area (Å²) < 4.78 is 19.0. The molecule has 1 saturated heterocycles. The molecule has 1 fully saturated rings. The molecule has 2 rings (SSSR count). The predicted molar refractivity (Wildman–Crippen MR) is 72.4 cm³/mol. The number of anilines is 1. The van der Waals surface area contributed by atoms with Gasteiger partial charge in [0.2, 0.25) is 5.91 Å². The minimum Gasteiger partial charge on any atom is -0.377 e. The molecule has 6 heteroatoms. The van der Waals surface area contributed by atoms with Crippen molar-refractivity contribution in [2.75, 3.05) is 31.2 Å². The molecule has 0 radical (unpaired) electrons. The molecule has 0 saturated carbocycles. The number of nitrogens with one attached hydrogen (secondary N) is 1. The lowest BCUT2D eigenvalue weighted by atomic mass is 10.1. The van der Waals surface area contributed by atoms with Gasteiger partial charge in [0, 0.05) is 13.1 Å². The lowest BCUT2D eigenvalue weighted by molar-refractivity contribution is -0.124. The number of carbonyl (C=O) groups is 2. The van der Waals surface area contributed by atoms with Crippen molar-refractivity contribution >= 4 is 17.9 Å². The minimum absolute atomic E-state index is 0.0244. The third-order valence-electron chi connectivity index (χ3n) is 3.24. The second-order valence-corrected chi connectivity index (χ2v) is 4.47. The summed E-state index contributed by atoms with van der Waals surface area (Å²) in [5.74, 6) is -0.771. The van der Waals surface area contributed by atoms with Crippen LogP contribution in [0.4, 0.5) is 10.1 Å². The van der Waals surface area contributed by atoms with Gasteiger partial charge < -0.3 is 15.0 Å². The topological polar surface area (TPSA) is 58.6 Å². The maximum atomic E-state index is 13.7. The van der Waals surface area contributed by atoms with Crippen molar-refractivity contribution in [2.24, 2.45) is 0 Å². The highest BCUT2D eigenvalue weighted by molar-refractivity contribution is 5.90. The molecule has 0 aromatic heterocycles. The highest BCUT2D eigenvalue weighted by atomic mass is 19.1. The molecule has 1 aliphatic rings. The van der Waals surface area contributed by atoms with Gasteiger partial charge in [-0.05, 0) is 19.1 Å². The zero-order valence-corrected chi connectivity index (χ0v) is 11.3. The van der Waals surface area contributed by atoms with Gasteiger partial charge in [0.1, 0.15) is 11.9 Å². The molecule has 1 heterocycles. The SMILES string of the molecule is CCNC(=O)C1COCCN1c1cccc(F)c1C=O. The van der Waals surface area contributed by atoms with Crippen molar-refractivity contribution in [3.8, 4) is 0 Å². The lowest BCUT2D eigenvalue weighted by Gasteiger charge is -2.36. The van der Waals surface area contributed by atoms with E-state index in [0.29, 0.717) is 31.7 Å². The van der Waals surface area contributed by atoms with E-state index in [9.17, 15) is 14.0 Å². The summed E-state index contributed by atoms with van der Waals surface area (Å²) in [5, 5.41) is 2.72. The molecule has 1 atom stereocenters. The van der Waals surface area contributed by atoms with Crippen molar-refractivity contribution in [3.63, 3.8) is 0 Å². The number of carbonyl (C=O) groups excluding carboxylic acids is 2. The predicted octanol–water partition coefficient (Wildman–Crippen LogP) is 0.979. The first-order chi connectivity index (χ1) is 9.69. The number of hydrogen-bond donors (Lipinski definition) is 1. The van der Waals surface area contributed by atoms with Crippen molar-refractivity contribution in [1.29, 1.82) is 0 Å². The number of rotatable bonds is 4. The molecule has 1 amide bonds. The number of nitrogens with zero attached hydrogens (tertiary/aromatic N) is 1. The molecular weight excluding hydrogens is 263 g/mol. The second kappa shape index (κ2) is 6.47. The number of ether oxygens (including phenoxy) is 1. The number of hydrogen-bond acceptors (Lipinski definition) is 4. The van der Waals surface area contributed by atoms with Crippen molar-refractivity contribution in [3.05, 3.63) is 29.6 Å². The molecule has 108 valence electrons. The summed E-state index contributed by atoms with van der Waals surface area (Å²) in [6.45, 7) is 3.43. The van der Waals surface area contributed by atoms with Gasteiger partial charge in [0.25, 0.3) is 0 Å². The number of halogens is 1. The standard InChI is InChI=1S/C14H17FN2O3/c1-2-16-14(19)13-9-20-7-6-17(13)12-5-3-4-11(15)10(12)8-18/h3-5,8,13H,2,6-7,9H2,1H3,(H,16,19). The van der Waals surface area contributed by atoms with Crippen LogP contribution in [0, 0.1) is 5.82 Å². The van der Waals surface area contributed by atoms with Crippen molar-refractivity contribution in [1.82, 2.24) is 5.32 Å². The van der Waals surface area contributed by atoms with Gasteiger partial charge in [-0.25, -0.2) is 4.39 Å². The molecule has 5 nitrogen and oxygen atoms in total. The Labute approximate surface area is 116 Å². The van der Waals surface area contributed by atoms with E-state index < -0.39 is 11.9 Å². The number of benzene rings is 1. The normalized spacial score (nSPS) is 18.7. The van der Waals surface area contributed by atoms with E-state index in [2.05, 4.69) is 5.32 Å². The summed E-state index contributed by atoms with van der Waals surface area (Å²) in [7, 11) is 0. The van der Waals surface area contributed by atoms with E-state index in [1.165, 1.54) is 12.1 Å². The number of amides is 1. The maximum Gasteiger partial charge on any atom is 0.245 e. The van der Waals surface area contributed by atoms with Gasteiger partial charge in [-0.1, -0.05) is 6.07 Å². The number of aldehydes is 1. The first-order valence-corrected chi connectivity index (χ1v) is 6.54. The van der Waals surface area contributed by atoms with Crippen molar-refractivity contribution < 1.29 is 18.7 Å². The maximum absolute atomic E-state index is 13.7. The molecule has 0 bridgehead atoms. The molecule has 1 aliphatic heterocycles. The largest absolute Gasteiger partial charge is 0.377 e. The zero-order chi connectivity index (χ0) is 14.5. The molecule has 1 N–H and O–H groups in total. The summed E-state index contributed by atoms with van der Waals surface area (Å²) in [5.41, 5.74) is 0.406. The smallest absolute Gasteiger partial charge is 0.245 e. The van der Waals surface area contributed by atoms with Gasteiger partial charge in [-0.2, -0.15) is 0 Å². The van der Waals surface area contributed by atoms with Crippen LogP contribution in [0.25, 0.3) is 0 Å². The summed E-state index contributed by atoms with van der Waals surface area (Å²) in [4.78, 5) is 24.9.